The minimum atomic E-state index is -1.04. The van der Waals surface area contributed by atoms with Crippen LogP contribution in [0.4, 0.5) is 0 Å². The Balaban J connectivity index is 3.06. The Morgan fingerprint density at radius 2 is 1.83 bits per heavy atom. The fourth-order valence-corrected chi connectivity index (χ4v) is 2.16. The van der Waals surface area contributed by atoms with E-state index < -0.39 is 5.97 Å². The summed E-state index contributed by atoms with van der Waals surface area (Å²) in [5, 5.41) is 9.00. The molecule has 6 nitrogen and oxygen atoms in total. The van der Waals surface area contributed by atoms with Gasteiger partial charge in [-0.1, -0.05) is 13.8 Å². The van der Waals surface area contributed by atoms with E-state index in [0.29, 0.717) is 23.6 Å². The lowest BCUT2D eigenvalue weighted by Crippen LogP contribution is -2.38. The summed E-state index contributed by atoms with van der Waals surface area (Å²) in [6, 6.07) is 4.87. The van der Waals surface area contributed by atoms with Crippen LogP contribution in [0.1, 0.15) is 38.1 Å². The summed E-state index contributed by atoms with van der Waals surface area (Å²) in [4.78, 5) is 24.9. The van der Waals surface area contributed by atoms with Crippen LogP contribution in [0, 0.1) is 5.92 Å². The van der Waals surface area contributed by atoms with Gasteiger partial charge < -0.3 is 19.5 Å². The van der Waals surface area contributed by atoms with Gasteiger partial charge in [-0.2, -0.15) is 0 Å². The van der Waals surface area contributed by atoms with Gasteiger partial charge >= 0.3 is 5.97 Å². The van der Waals surface area contributed by atoms with Crippen molar-refractivity contribution in [3.05, 3.63) is 23.8 Å². The first-order valence-electron chi connectivity index (χ1n) is 7.60. The molecule has 0 bridgehead atoms. The van der Waals surface area contributed by atoms with Crippen molar-refractivity contribution in [2.45, 2.75) is 33.8 Å². The monoisotopic (exact) mass is 323 g/mol. The number of ether oxygens (including phenoxy) is 2. The fraction of sp³-hybridized carbons (Fsp3) is 0.529. The molecule has 0 radical (unpaired) electrons. The molecule has 0 spiro atoms. The molecule has 6 heteroatoms. The molecule has 0 fully saturated rings. The Morgan fingerprint density at radius 3 is 2.30 bits per heavy atom. The number of hydrogen-bond donors (Lipinski definition) is 1. The number of carbonyl (C=O) groups is 2. The maximum atomic E-state index is 12.6. The molecule has 1 aromatic rings. The molecular formula is C17H25NO5. The number of methoxy groups -OCH3 is 1. The maximum Gasteiger partial charge on any atom is 0.323 e. The van der Waals surface area contributed by atoms with Crippen LogP contribution in [0.25, 0.3) is 0 Å². The van der Waals surface area contributed by atoms with Crippen molar-refractivity contribution >= 4 is 11.9 Å². The van der Waals surface area contributed by atoms with E-state index in [1.54, 1.807) is 18.2 Å². The van der Waals surface area contributed by atoms with Gasteiger partial charge in [0.25, 0.3) is 5.91 Å². The van der Waals surface area contributed by atoms with Crippen LogP contribution in [0.15, 0.2) is 18.2 Å². The minimum absolute atomic E-state index is 0.0186. The first-order valence-corrected chi connectivity index (χ1v) is 7.60. The van der Waals surface area contributed by atoms with E-state index in [9.17, 15) is 9.59 Å². The Labute approximate surface area is 137 Å². The van der Waals surface area contributed by atoms with Gasteiger partial charge in [0.05, 0.1) is 13.2 Å². The lowest BCUT2D eigenvalue weighted by Gasteiger charge is -2.23. The predicted octanol–water partition coefficient (Wildman–Crippen LogP) is 2.67. The van der Waals surface area contributed by atoms with Crippen molar-refractivity contribution in [2.75, 3.05) is 20.2 Å². The highest BCUT2D eigenvalue weighted by Crippen LogP contribution is 2.29. The molecule has 0 unspecified atom stereocenters. The summed E-state index contributed by atoms with van der Waals surface area (Å²) in [7, 11) is 1.50. The highest BCUT2D eigenvalue weighted by atomic mass is 16.5. The van der Waals surface area contributed by atoms with E-state index >= 15 is 0 Å². The average molecular weight is 323 g/mol. The quantitative estimate of drug-likeness (QED) is 0.796. The molecule has 0 atom stereocenters. The van der Waals surface area contributed by atoms with E-state index in [2.05, 4.69) is 0 Å². The van der Waals surface area contributed by atoms with Crippen LogP contribution in [-0.2, 0) is 4.79 Å². The third-order valence-electron chi connectivity index (χ3n) is 2.97. The predicted molar refractivity (Wildman–Crippen MR) is 87.1 cm³/mol. The van der Waals surface area contributed by atoms with E-state index in [1.807, 2.05) is 27.7 Å². The number of nitrogens with zero attached hydrogens (tertiary/aromatic N) is 1. The molecule has 0 saturated heterocycles. The van der Waals surface area contributed by atoms with Crippen molar-refractivity contribution in [3.8, 4) is 11.5 Å². The lowest BCUT2D eigenvalue weighted by molar-refractivity contribution is -0.137. The van der Waals surface area contributed by atoms with Gasteiger partial charge in [-0.3, -0.25) is 9.59 Å². The molecule has 23 heavy (non-hydrogen) atoms. The smallest absolute Gasteiger partial charge is 0.323 e. The Bertz CT molecular complexity index is 554. The third kappa shape index (κ3) is 5.81. The van der Waals surface area contributed by atoms with Gasteiger partial charge in [0.15, 0.2) is 11.5 Å². The van der Waals surface area contributed by atoms with Gasteiger partial charge in [-0.15, -0.1) is 0 Å². The van der Waals surface area contributed by atoms with Crippen LogP contribution in [0.5, 0.6) is 11.5 Å². The number of carbonyl (C=O) groups excluding carboxylic acids is 1. The van der Waals surface area contributed by atoms with Crippen LogP contribution < -0.4 is 9.47 Å². The number of carboxylic acids is 1. The first kappa shape index (κ1) is 18.8. The molecule has 0 aliphatic rings. The zero-order chi connectivity index (χ0) is 17.6. The zero-order valence-electron chi connectivity index (χ0n) is 14.3. The SMILES string of the molecule is COc1cc(C(=O)N(CC(=O)O)CC(C)C)ccc1OC(C)C. The summed E-state index contributed by atoms with van der Waals surface area (Å²) in [6.45, 7) is 7.71. The highest BCUT2D eigenvalue weighted by molar-refractivity contribution is 5.96. The van der Waals surface area contributed by atoms with Crippen molar-refractivity contribution in [2.24, 2.45) is 5.92 Å². The number of amides is 1. The lowest BCUT2D eigenvalue weighted by atomic mass is 10.1. The second-order valence-corrected chi connectivity index (χ2v) is 6.01. The van der Waals surface area contributed by atoms with E-state index in [1.165, 1.54) is 12.0 Å². The van der Waals surface area contributed by atoms with Crippen molar-refractivity contribution < 1.29 is 24.2 Å². The summed E-state index contributed by atoms with van der Waals surface area (Å²) < 4.78 is 10.9. The molecule has 1 amide bonds. The molecule has 0 aromatic heterocycles. The Hall–Kier alpha value is -2.24. The molecule has 1 rings (SSSR count). The third-order valence-corrected chi connectivity index (χ3v) is 2.97. The van der Waals surface area contributed by atoms with Gasteiger partial charge in [0, 0.05) is 12.1 Å². The van der Waals surface area contributed by atoms with Gasteiger partial charge in [0.2, 0.25) is 0 Å². The largest absolute Gasteiger partial charge is 0.493 e. The summed E-state index contributed by atoms with van der Waals surface area (Å²) in [5.74, 6) is -0.206. The Morgan fingerprint density at radius 1 is 1.17 bits per heavy atom. The Kier molecular flexibility index (Phi) is 6.88. The number of carboxylic acid groups (broad SMARTS) is 1. The first-order chi connectivity index (χ1) is 10.7. The fourth-order valence-electron chi connectivity index (χ4n) is 2.16. The van der Waals surface area contributed by atoms with E-state index in [-0.39, 0.29) is 24.5 Å². The molecule has 1 aromatic carbocycles. The molecule has 0 heterocycles. The zero-order valence-corrected chi connectivity index (χ0v) is 14.3. The van der Waals surface area contributed by atoms with Crippen LogP contribution in [0.3, 0.4) is 0 Å². The molecule has 128 valence electrons. The van der Waals surface area contributed by atoms with Crippen LogP contribution in [-0.4, -0.2) is 48.2 Å². The van der Waals surface area contributed by atoms with Gasteiger partial charge in [0.1, 0.15) is 6.54 Å². The molecular weight excluding hydrogens is 298 g/mol. The van der Waals surface area contributed by atoms with Crippen molar-refractivity contribution in [1.29, 1.82) is 0 Å². The second kappa shape index (κ2) is 8.41. The maximum absolute atomic E-state index is 12.6. The summed E-state index contributed by atoms with van der Waals surface area (Å²) >= 11 is 0. The van der Waals surface area contributed by atoms with Gasteiger partial charge in [-0.05, 0) is 38.0 Å². The molecule has 0 aliphatic carbocycles. The topological polar surface area (TPSA) is 76.1 Å². The average Bonchev–Trinajstić information content (AvgIpc) is 2.44. The van der Waals surface area contributed by atoms with Crippen LogP contribution >= 0.6 is 0 Å². The van der Waals surface area contributed by atoms with E-state index in [4.69, 9.17) is 14.6 Å². The number of rotatable bonds is 8. The van der Waals surface area contributed by atoms with Crippen LogP contribution in [0.2, 0.25) is 0 Å². The summed E-state index contributed by atoms with van der Waals surface area (Å²) in [6.07, 6.45) is -0.0186. The number of aliphatic carboxylic acids is 1. The summed E-state index contributed by atoms with van der Waals surface area (Å²) in [5.41, 5.74) is 0.375. The molecule has 0 saturated carbocycles. The standard InChI is InChI=1S/C17H25NO5/c1-11(2)9-18(10-16(19)20)17(21)13-6-7-14(23-12(3)4)15(8-13)22-5/h6-8,11-12H,9-10H2,1-5H3,(H,19,20). The van der Waals surface area contributed by atoms with Crippen molar-refractivity contribution in [3.63, 3.8) is 0 Å². The normalized spacial score (nSPS) is 10.7. The molecule has 1 N–H and O–H groups in total. The number of hydrogen-bond acceptors (Lipinski definition) is 4. The minimum Gasteiger partial charge on any atom is -0.493 e. The van der Waals surface area contributed by atoms with E-state index in [0.717, 1.165) is 0 Å². The number of benzene rings is 1. The van der Waals surface area contributed by atoms with Crippen molar-refractivity contribution in [1.82, 2.24) is 4.90 Å². The second-order valence-electron chi connectivity index (χ2n) is 6.01. The highest BCUT2D eigenvalue weighted by Gasteiger charge is 2.21. The van der Waals surface area contributed by atoms with Gasteiger partial charge in [-0.25, -0.2) is 0 Å². The molecule has 0 aliphatic heterocycles.